The molecule has 0 unspecified atom stereocenters. The smallest absolute Gasteiger partial charge is 0.278 e. The Morgan fingerprint density at radius 2 is 1.04 bits per heavy atom. The van der Waals surface area contributed by atoms with Gasteiger partial charge in [0.05, 0.1) is 0 Å². The van der Waals surface area contributed by atoms with Crippen LogP contribution < -0.4 is 8.85 Å². The zero-order valence-electron chi connectivity index (χ0n) is 12.2. The molecule has 0 fully saturated rings. The Balaban J connectivity index is 3.38. The minimum absolute atomic E-state index is 0.648. The van der Waals surface area contributed by atoms with Gasteiger partial charge in [0.2, 0.25) is 0 Å². The molecule has 0 aromatic heterocycles. The van der Waals surface area contributed by atoms with Crippen molar-refractivity contribution >= 4 is 35.8 Å². The van der Waals surface area contributed by atoms with Gasteiger partial charge in [0.1, 0.15) is 0 Å². The van der Waals surface area contributed by atoms with E-state index in [0.29, 0.717) is 0 Å². The SMILES string of the molecule is O=S(=O)(NS(=O)(=O)C(F)(F)C(F)(F)S(=O)(=O)Nc1ccccc1)C(F)(F)F. The summed E-state index contributed by atoms with van der Waals surface area (Å²) in [6.45, 7) is 0. The summed E-state index contributed by atoms with van der Waals surface area (Å²) < 4.78 is 158. The molecule has 0 aliphatic heterocycles. The van der Waals surface area contributed by atoms with Crippen molar-refractivity contribution < 1.29 is 56.0 Å². The summed E-state index contributed by atoms with van der Waals surface area (Å²) in [5.41, 5.74) is -7.19. The Morgan fingerprint density at radius 3 is 1.44 bits per heavy atom. The predicted octanol–water partition coefficient (Wildman–Crippen LogP) is 1.38. The van der Waals surface area contributed by atoms with E-state index in [9.17, 15) is 56.0 Å². The van der Waals surface area contributed by atoms with Gasteiger partial charge in [0.15, 0.2) is 0 Å². The molecule has 156 valence electrons. The third-order valence-electron chi connectivity index (χ3n) is 2.56. The van der Waals surface area contributed by atoms with E-state index in [2.05, 4.69) is 0 Å². The summed E-state index contributed by atoms with van der Waals surface area (Å²) in [5.74, 6) is 0. The van der Waals surface area contributed by atoms with Crippen molar-refractivity contribution in [2.75, 3.05) is 4.72 Å². The molecule has 0 spiro atoms. The van der Waals surface area contributed by atoms with Crippen molar-refractivity contribution in [1.29, 1.82) is 0 Å². The number of nitrogens with one attached hydrogen (secondary N) is 2. The van der Waals surface area contributed by atoms with Crippen molar-refractivity contribution in [3.05, 3.63) is 30.3 Å². The molecule has 27 heavy (non-hydrogen) atoms. The Morgan fingerprint density at radius 1 is 0.630 bits per heavy atom. The average Bonchev–Trinajstić information content (AvgIpc) is 2.44. The molecule has 1 aromatic rings. The lowest BCUT2D eigenvalue weighted by atomic mass is 10.3. The first kappa shape index (κ1) is 23.4. The molecule has 0 bridgehead atoms. The van der Waals surface area contributed by atoms with Gasteiger partial charge in [-0.2, -0.15) is 39.2 Å². The molecule has 0 amide bonds. The minimum Gasteiger partial charge on any atom is -0.278 e. The third kappa shape index (κ3) is 4.27. The van der Waals surface area contributed by atoms with Gasteiger partial charge in [-0.3, -0.25) is 4.72 Å². The lowest BCUT2D eigenvalue weighted by Crippen LogP contribution is -2.58. The Hall–Kier alpha value is -1.66. The van der Waals surface area contributed by atoms with E-state index in [1.54, 1.807) is 0 Å². The summed E-state index contributed by atoms with van der Waals surface area (Å²) in [6, 6.07) is 5.00. The molecule has 1 rings (SSSR count). The summed E-state index contributed by atoms with van der Waals surface area (Å²) >= 11 is 0. The highest BCUT2D eigenvalue weighted by Crippen LogP contribution is 2.43. The predicted molar refractivity (Wildman–Crippen MR) is 75.9 cm³/mol. The van der Waals surface area contributed by atoms with Crippen LogP contribution in [0.4, 0.5) is 36.4 Å². The second-order valence-corrected chi connectivity index (χ2v) is 9.92. The number of halogens is 7. The molecule has 0 heterocycles. The monoisotopic (exact) mass is 468 g/mol. The van der Waals surface area contributed by atoms with Crippen molar-refractivity contribution in [3.63, 3.8) is 0 Å². The van der Waals surface area contributed by atoms with E-state index in [1.165, 1.54) is 6.07 Å². The van der Waals surface area contributed by atoms with Gasteiger partial charge in [-0.1, -0.05) is 22.3 Å². The molecule has 18 heteroatoms. The van der Waals surface area contributed by atoms with Gasteiger partial charge in [0, 0.05) is 5.69 Å². The van der Waals surface area contributed by atoms with Crippen LogP contribution in [0.1, 0.15) is 0 Å². The molecule has 0 saturated carbocycles. The molecule has 0 atom stereocenters. The van der Waals surface area contributed by atoms with Crippen LogP contribution >= 0.6 is 0 Å². The normalized spacial score (nSPS) is 14.8. The van der Waals surface area contributed by atoms with Crippen LogP contribution in [0.2, 0.25) is 0 Å². The van der Waals surface area contributed by atoms with Gasteiger partial charge in [0.25, 0.3) is 10.0 Å². The van der Waals surface area contributed by atoms with Gasteiger partial charge < -0.3 is 0 Å². The number of rotatable bonds is 7. The maximum absolute atomic E-state index is 13.7. The standard InChI is InChI=1S/C9H7F7N2O6S3/c10-7(11,25(19,20)17-6-4-2-1-3-5-6)8(12,13)26(21,22)18-27(23,24)9(14,15)16/h1-5,17-18H. The molecule has 0 radical (unpaired) electrons. The number of hydrogen-bond acceptors (Lipinski definition) is 6. The molecule has 0 aliphatic rings. The number of sulfonamides is 3. The fourth-order valence-corrected chi connectivity index (χ4v) is 5.09. The first-order chi connectivity index (χ1) is 11.8. The lowest BCUT2D eigenvalue weighted by Gasteiger charge is -2.26. The summed E-state index contributed by atoms with van der Waals surface area (Å²) in [5, 5.41) is -13.4. The Labute approximate surface area is 147 Å². The quantitative estimate of drug-likeness (QED) is 0.583. The van der Waals surface area contributed by atoms with E-state index < -0.39 is 55.9 Å². The number of benzene rings is 1. The highest BCUT2D eigenvalue weighted by molar-refractivity contribution is 8.06. The summed E-state index contributed by atoms with van der Waals surface area (Å²) in [4.78, 5) is 0. The Bertz CT molecular complexity index is 1000. The minimum atomic E-state index is -7.39. The van der Waals surface area contributed by atoms with E-state index in [1.807, 2.05) is 0 Å². The van der Waals surface area contributed by atoms with Gasteiger partial charge in [-0.05, 0) is 12.1 Å². The zero-order chi connectivity index (χ0) is 21.5. The molecule has 0 saturated heterocycles. The van der Waals surface area contributed by atoms with Crippen molar-refractivity contribution in [2.24, 2.45) is 0 Å². The zero-order valence-corrected chi connectivity index (χ0v) is 14.7. The topological polar surface area (TPSA) is 126 Å². The average molecular weight is 468 g/mol. The van der Waals surface area contributed by atoms with Crippen molar-refractivity contribution in [3.8, 4) is 0 Å². The van der Waals surface area contributed by atoms with Crippen LogP contribution in [0.15, 0.2) is 30.3 Å². The molecular weight excluding hydrogens is 461 g/mol. The van der Waals surface area contributed by atoms with Crippen LogP contribution in [0.5, 0.6) is 0 Å². The first-order valence-electron chi connectivity index (χ1n) is 5.96. The highest BCUT2D eigenvalue weighted by Gasteiger charge is 2.74. The van der Waals surface area contributed by atoms with E-state index in [-0.39, 0.29) is 0 Å². The largest absolute Gasteiger partial charge is 0.512 e. The Kier molecular flexibility index (Phi) is 5.84. The first-order valence-corrected chi connectivity index (χ1v) is 10.4. The van der Waals surface area contributed by atoms with Crippen molar-refractivity contribution in [2.45, 2.75) is 16.0 Å². The molecule has 8 nitrogen and oxygen atoms in total. The lowest BCUT2D eigenvalue weighted by molar-refractivity contribution is -0.0967. The highest BCUT2D eigenvalue weighted by atomic mass is 32.3. The number of hydrogen-bond donors (Lipinski definition) is 2. The maximum atomic E-state index is 13.7. The van der Waals surface area contributed by atoms with Crippen LogP contribution in [0, 0.1) is 0 Å². The molecular formula is C9H7F7N2O6S3. The van der Waals surface area contributed by atoms with Crippen LogP contribution in [0.25, 0.3) is 0 Å². The summed E-state index contributed by atoms with van der Waals surface area (Å²) in [6.07, 6.45) is 0. The third-order valence-corrected chi connectivity index (χ3v) is 7.43. The molecule has 1 aromatic carbocycles. The molecule has 0 aliphatic carbocycles. The van der Waals surface area contributed by atoms with Gasteiger partial charge in [-0.25, -0.2) is 16.8 Å². The fourth-order valence-electron chi connectivity index (χ4n) is 1.28. The van der Waals surface area contributed by atoms with Crippen molar-refractivity contribution in [1.82, 2.24) is 4.13 Å². The molecule has 2 N–H and O–H groups in total. The number of para-hydroxylation sites is 1. The number of alkyl halides is 7. The number of anilines is 1. The van der Waals surface area contributed by atoms with E-state index in [0.717, 1.165) is 29.0 Å². The van der Waals surface area contributed by atoms with Gasteiger partial charge >= 0.3 is 36.1 Å². The summed E-state index contributed by atoms with van der Waals surface area (Å²) in [7, 11) is -21.0. The fraction of sp³-hybridized carbons (Fsp3) is 0.333. The second-order valence-electron chi connectivity index (χ2n) is 4.54. The van der Waals surface area contributed by atoms with Crippen LogP contribution in [-0.4, -0.2) is 41.3 Å². The maximum Gasteiger partial charge on any atom is 0.512 e. The van der Waals surface area contributed by atoms with Gasteiger partial charge in [-0.15, -0.1) is 0 Å². The van der Waals surface area contributed by atoms with E-state index in [4.69, 9.17) is 0 Å². The van der Waals surface area contributed by atoms with E-state index >= 15 is 0 Å². The van der Waals surface area contributed by atoms with Crippen LogP contribution in [-0.2, 0) is 30.1 Å². The van der Waals surface area contributed by atoms with Crippen LogP contribution in [0.3, 0.4) is 0 Å². The second kappa shape index (κ2) is 6.74.